The summed E-state index contributed by atoms with van der Waals surface area (Å²) in [6.45, 7) is 3.01. The van der Waals surface area contributed by atoms with Gasteiger partial charge in [-0.2, -0.15) is 0 Å². The van der Waals surface area contributed by atoms with E-state index in [1.165, 1.54) is 5.57 Å². The van der Waals surface area contributed by atoms with Crippen molar-refractivity contribution in [2.24, 2.45) is 0 Å². The third-order valence-electron chi connectivity index (χ3n) is 4.35. The maximum absolute atomic E-state index is 4.71. The largest absolute Gasteiger partial charge is 0.316 e. The van der Waals surface area contributed by atoms with Crippen LogP contribution in [0.2, 0.25) is 0 Å². The molecule has 1 aliphatic heterocycles. The lowest BCUT2D eigenvalue weighted by Gasteiger charge is -2.18. The Balaban J connectivity index is 1.60. The molecule has 0 bridgehead atoms. The van der Waals surface area contributed by atoms with Crippen molar-refractivity contribution in [3.8, 4) is 0 Å². The Hall–Kier alpha value is -2.58. The first-order chi connectivity index (χ1) is 12.6. The summed E-state index contributed by atoms with van der Waals surface area (Å²) in [5, 5.41) is 17.7. The molecular formula is C18H21N7S. The molecule has 4 heterocycles. The summed E-state index contributed by atoms with van der Waals surface area (Å²) in [7, 11) is 4.10. The maximum atomic E-state index is 4.71. The molecule has 0 atom stereocenters. The molecule has 26 heavy (non-hydrogen) atoms. The van der Waals surface area contributed by atoms with Gasteiger partial charge in [-0.15, -0.1) is 10.2 Å². The summed E-state index contributed by atoms with van der Waals surface area (Å²) in [5.74, 6) is 0.755. The van der Waals surface area contributed by atoms with Gasteiger partial charge in [-0.05, 0) is 30.2 Å². The number of aromatic nitrogens is 4. The van der Waals surface area contributed by atoms with E-state index in [9.17, 15) is 0 Å². The minimum absolute atomic E-state index is 0.755. The van der Waals surface area contributed by atoms with Crippen LogP contribution < -0.4 is 5.32 Å². The normalized spacial score (nSPS) is 14.9. The lowest BCUT2D eigenvalue weighted by Crippen LogP contribution is -2.27. The number of aryl methyl sites for hydroxylation is 1. The summed E-state index contributed by atoms with van der Waals surface area (Å²) in [4.78, 5) is 9.27. The van der Waals surface area contributed by atoms with Gasteiger partial charge in [0, 0.05) is 45.0 Å². The van der Waals surface area contributed by atoms with Crippen LogP contribution in [0.1, 0.15) is 23.9 Å². The lowest BCUT2D eigenvalue weighted by molar-refractivity contribution is 0.118. The first kappa shape index (κ1) is 16.9. The Labute approximate surface area is 156 Å². The fourth-order valence-electron chi connectivity index (χ4n) is 2.87. The molecule has 0 aliphatic carbocycles. The van der Waals surface area contributed by atoms with Crippen molar-refractivity contribution >= 4 is 38.9 Å². The zero-order chi connectivity index (χ0) is 18.1. The Morgan fingerprint density at radius 2 is 2.08 bits per heavy atom. The number of pyridine rings is 2. The van der Waals surface area contributed by atoms with E-state index in [0.29, 0.717) is 0 Å². The van der Waals surface area contributed by atoms with Gasteiger partial charge in [0.1, 0.15) is 10.8 Å². The zero-order valence-corrected chi connectivity index (χ0v) is 15.9. The summed E-state index contributed by atoms with van der Waals surface area (Å²) >= 11 is 1.57. The van der Waals surface area contributed by atoms with Crippen LogP contribution in [0.25, 0.3) is 16.6 Å². The smallest absolute Gasteiger partial charge is 0.211 e. The Morgan fingerprint density at radius 1 is 1.19 bits per heavy atom. The van der Waals surface area contributed by atoms with Gasteiger partial charge in [-0.1, -0.05) is 18.3 Å². The van der Waals surface area contributed by atoms with E-state index in [1.54, 1.807) is 11.3 Å². The number of nitrogens with zero attached hydrogens (tertiary/aromatic N) is 6. The number of hydrogen-bond acceptors (Lipinski definition) is 8. The van der Waals surface area contributed by atoms with Crippen LogP contribution in [0.4, 0.5) is 10.9 Å². The van der Waals surface area contributed by atoms with Gasteiger partial charge < -0.3 is 10.3 Å². The molecular weight excluding hydrogens is 346 g/mol. The van der Waals surface area contributed by atoms with Crippen LogP contribution >= 0.6 is 11.3 Å². The van der Waals surface area contributed by atoms with Crippen molar-refractivity contribution in [3.05, 3.63) is 41.2 Å². The molecule has 134 valence electrons. The van der Waals surface area contributed by atoms with E-state index in [4.69, 9.17) is 4.98 Å². The zero-order valence-electron chi connectivity index (χ0n) is 15.1. The van der Waals surface area contributed by atoms with Crippen molar-refractivity contribution in [2.45, 2.75) is 19.8 Å². The first-order valence-electron chi connectivity index (χ1n) is 8.63. The molecule has 0 radical (unpaired) electrons. The second kappa shape index (κ2) is 6.97. The number of fused-ring (bicyclic) bond motifs is 1. The standard InChI is InChI=1S/C18H21N7S/c1-4-5-17-22-23-18(26-17)21-16-7-6-14-15(20-16)8-12(9-19-14)13-10-24(2)25(3)11-13/h6-10H,4-5,11H2,1-3H3,(H,20,21,23). The quantitative estimate of drug-likeness (QED) is 0.742. The van der Waals surface area contributed by atoms with E-state index in [2.05, 4.69) is 56.8 Å². The summed E-state index contributed by atoms with van der Waals surface area (Å²) in [5.41, 5.74) is 4.07. The van der Waals surface area contributed by atoms with Gasteiger partial charge >= 0.3 is 0 Å². The van der Waals surface area contributed by atoms with Crippen molar-refractivity contribution in [3.63, 3.8) is 0 Å². The van der Waals surface area contributed by atoms with Gasteiger partial charge in [-0.25, -0.2) is 9.99 Å². The fourth-order valence-corrected chi connectivity index (χ4v) is 3.72. The van der Waals surface area contributed by atoms with Gasteiger partial charge in [0.2, 0.25) is 5.13 Å². The topological polar surface area (TPSA) is 70.1 Å². The number of rotatable bonds is 5. The highest BCUT2D eigenvalue weighted by Crippen LogP contribution is 2.25. The highest BCUT2D eigenvalue weighted by Gasteiger charge is 2.17. The predicted molar refractivity (Wildman–Crippen MR) is 105 cm³/mol. The molecule has 4 rings (SSSR count). The SMILES string of the molecule is CCCc1nnc(Nc2ccc3ncc(C4=CN(C)N(C)C4)cc3n2)s1. The Morgan fingerprint density at radius 3 is 2.85 bits per heavy atom. The minimum atomic E-state index is 0.755. The Bertz CT molecular complexity index is 965. The molecule has 0 amide bonds. The molecule has 0 saturated heterocycles. The number of likely N-dealkylation sites (N-methyl/N-ethyl adjacent to an activating group) is 1. The van der Waals surface area contributed by atoms with Crippen molar-refractivity contribution in [1.29, 1.82) is 0 Å². The van der Waals surface area contributed by atoms with E-state index >= 15 is 0 Å². The number of hydrogen-bond donors (Lipinski definition) is 1. The highest BCUT2D eigenvalue weighted by atomic mass is 32.1. The number of hydrazine groups is 1. The first-order valence-corrected chi connectivity index (χ1v) is 9.45. The van der Waals surface area contributed by atoms with Gasteiger partial charge in [0.25, 0.3) is 0 Å². The van der Waals surface area contributed by atoms with E-state index in [-0.39, 0.29) is 0 Å². The van der Waals surface area contributed by atoms with Crippen molar-refractivity contribution < 1.29 is 0 Å². The molecule has 0 saturated carbocycles. The van der Waals surface area contributed by atoms with Crippen LogP contribution in [0.15, 0.2) is 30.6 Å². The molecule has 1 aliphatic rings. The van der Waals surface area contributed by atoms with E-state index in [0.717, 1.165) is 51.9 Å². The molecule has 0 unspecified atom stereocenters. The molecule has 7 nitrogen and oxygen atoms in total. The van der Waals surface area contributed by atoms with Crippen LogP contribution in [0, 0.1) is 0 Å². The van der Waals surface area contributed by atoms with Crippen LogP contribution in [-0.4, -0.2) is 50.8 Å². The molecule has 1 N–H and O–H groups in total. The monoisotopic (exact) mass is 367 g/mol. The minimum Gasteiger partial charge on any atom is -0.316 e. The summed E-state index contributed by atoms with van der Waals surface area (Å²) in [6, 6.07) is 5.99. The molecule has 3 aromatic heterocycles. The molecule has 0 spiro atoms. The third kappa shape index (κ3) is 3.38. The molecule has 8 heteroatoms. The van der Waals surface area contributed by atoms with E-state index < -0.39 is 0 Å². The second-order valence-electron chi connectivity index (χ2n) is 6.38. The van der Waals surface area contributed by atoms with Crippen LogP contribution in [-0.2, 0) is 6.42 Å². The summed E-state index contributed by atoms with van der Waals surface area (Å²) < 4.78 is 0. The fraction of sp³-hybridized carbons (Fsp3) is 0.333. The highest BCUT2D eigenvalue weighted by molar-refractivity contribution is 7.15. The number of nitrogens with one attached hydrogen (secondary N) is 1. The average Bonchev–Trinajstić information content (AvgIpc) is 3.21. The molecule has 0 aromatic carbocycles. The van der Waals surface area contributed by atoms with Crippen LogP contribution in [0.3, 0.4) is 0 Å². The van der Waals surface area contributed by atoms with Crippen LogP contribution in [0.5, 0.6) is 0 Å². The van der Waals surface area contributed by atoms with Gasteiger partial charge in [0.15, 0.2) is 0 Å². The van der Waals surface area contributed by atoms with Crippen molar-refractivity contribution in [1.82, 2.24) is 30.2 Å². The molecule has 3 aromatic rings. The van der Waals surface area contributed by atoms with E-state index in [1.807, 2.05) is 25.4 Å². The summed E-state index contributed by atoms with van der Waals surface area (Å²) in [6.07, 6.45) is 6.06. The number of anilines is 2. The molecule has 0 fully saturated rings. The van der Waals surface area contributed by atoms with Gasteiger partial charge in [-0.3, -0.25) is 4.98 Å². The maximum Gasteiger partial charge on any atom is 0.211 e. The third-order valence-corrected chi connectivity index (χ3v) is 5.25. The Kier molecular flexibility index (Phi) is 4.52. The van der Waals surface area contributed by atoms with Crippen molar-refractivity contribution in [2.75, 3.05) is 26.0 Å². The van der Waals surface area contributed by atoms with Gasteiger partial charge in [0.05, 0.1) is 11.0 Å². The lowest BCUT2D eigenvalue weighted by atomic mass is 10.1. The second-order valence-corrected chi connectivity index (χ2v) is 7.44. The average molecular weight is 367 g/mol. The predicted octanol–water partition coefficient (Wildman–Crippen LogP) is 3.31.